The highest BCUT2D eigenvalue weighted by molar-refractivity contribution is 7.89. The van der Waals surface area contributed by atoms with Crippen molar-refractivity contribution < 1.29 is 23.1 Å². The fraction of sp³-hybridized carbons (Fsp3) is 0.533. The largest absolute Gasteiger partial charge is 0.491 e. The molecule has 7 heteroatoms. The second kappa shape index (κ2) is 6.26. The quantitative estimate of drug-likeness (QED) is 0.892. The standard InChI is InChI=1S/C15H21NO5S/c1-10(2)21-14-5-4-13(8-11(14)3)22(19,20)16-7-6-12(9-16)15(17)18/h4-5,8,10,12H,6-7,9H2,1-3H3,(H,17,18). The van der Waals surface area contributed by atoms with E-state index in [1.807, 2.05) is 13.8 Å². The molecule has 0 amide bonds. The summed E-state index contributed by atoms with van der Waals surface area (Å²) in [6.07, 6.45) is 0.360. The lowest BCUT2D eigenvalue weighted by Gasteiger charge is -2.18. The van der Waals surface area contributed by atoms with Gasteiger partial charge in [0.05, 0.1) is 16.9 Å². The molecule has 2 rings (SSSR count). The van der Waals surface area contributed by atoms with Gasteiger partial charge in [-0.05, 0) is 51.0 Å². The highest BCUT2D eigenvalue weighted by Gasteiger charge is 2.35. The second-order valence-electron chi connectivity index (χ2n) is 5.78. The average Bonchev–Trinajstić information content (AvgIpc) is 2.91. The van der Waals surface area contributed by atoms with Crippen molar-refractivity contribution in [2.45, 2.75) is 38.2 Å². The number of rotatable bonds is 5. The Labute approximate surface area is 130 Å². The highest BCUT2D eigenvalue weighted by Crippen LogP contribution is 2.28. The molecule has 6 nitrogen and oxygen atoms in total. The van der Waals surface area contributed by atoms with Crippen molar-refractivity contribution in [1.82, 2.24) is 4.31 Å². The van der Waals surface area contributed by atoms with Gasteiger partial charge in [-0.25, -0.2) is 8.42 Å². The molecule has 0 saturated carbocycles. The predicted octanol–water partition coefficient (Wildman–Crippen LogP) is 1.88. The summed E-state index contributed by atoms with van der Waals surface area (Å²) in [4.78, 5) is 11.1. The molecule has 1 aromatic rings. The Kier molecular flexibility index (Phi) is 4.77. The van der Waals surface area contributed by atoms with E-state index < -0.39 is 21.9 Å². The van der Waals surface area contributed by atoms with Crippen molar-refractivity contribution in [2.75, 3.05) is 13.1 Å². The van der Waals surface area contributed by atoms with Crippen LogP contribution in [0.3, 0.4) is 0 Å². The number of aryl methyl sites for hydroxylation is 1. The average molecular weight is 327 g/mol. The number of carbonyl (C=O) groups is 1. The van der Waals surface area contributed by atoms with Gasteiger partial charge in [-0.1, -0.05) is 0 Å². The van der Waals surface area contributed by atoms with Gasteiger partial charge >= 0.3 is 5.97 Å². The van der Waals surface area contributed by atoms with Crippen molar-refractivity contribution in [2.24, 2.45) is 5.92 Å². The van der Waals surface area contributed by atoms with Crippen LogP contribution in [0.2, 0.25) is 0 Å². The van der Waals surface area contributed by atoms with Crippen LogP contribution in [0.4, 0.5) is 0 Å². The third kappa shape index (κ3) is 3.41. The number of carboxylic acids is 1. The van der Waals surface area contributed by atoms with Gasteiger partial charge in [0.15, 0.2) is 0 Å². The van der Waals surface area contributed by atoms with Gasteiger partial charge in [0, 0.05) is 13.1 Å². The van der Waals surface area contributed by atoms with Crippen LogP contribution in [-0.4, -0.2) is 43.0 Å². The smallest absolute Gasteiger partial charge is 0.307 e. The fourth-order valence-corrected chi connectivity index (χ4v) is 4.05. The molecule has 22 heavy (non-hydrogen) atoms. The van der Waals surface area contributed by atoms with Crippen molar-refractivity contribution in [3.05, 3.63) is 23.8 Å². The van der Waals surface area contributed by atoms with E-state index in [4.69, 9.17) is 9.84 Å². The monoisotopic (exact) mass is 327 g/mol. The lowest BCUT2D eigenvalue weighted by Crippen LogP contribution is -2.30. The number of benzene rings is 1. The maximum Gasteiger partial charge on any atom is 0.307 e. The minimum Gasteiger partial charge on any atom is -0.491 e. The number of sulfonamides is 1. The van der Waals surface area contributed by atoms with Crippen molar-refractivity contribution >= 4 is 16.0 Å². The van der Waals surface area contributed by atoms with Crippen molar-refractivity contribution in [1.29, 1.82) is 0 Å². The third-order valence-electron chi connectivity index (χ3n) is 3.65. The lowest BCUT2D eigenvalue weighted by atomic mass is 10.1. The molecule has 122 valence electrons. The number of hydrogen-bond acceptors (Lipinski definition) is 4. The van der Waals surface area contributed by atoms with Crippen LogP contribution < -0.4 is 4.74 Å². The molecular formula is C15H21NO5S. The van der Waals surface area contributed by atoms with E-state index in [1.54, 1.807) is 19.1 Å². The zero-order valence-corrected chi connectivity index (χ0v) is 13.8. The molecule has 0 bridgehead atoms. The van der Waals surface area contributed by atoms with Gasteiger partial charge in [-0.15, -0.1) is 0 Å². The first-order valence-corrected chi connectivity index (χ1v) is 8.66. The summed E-state index contributed by atoms with van der Waals surface area (Å²) in [5, 5.41) is 8.99. The van der Waals surface area contributed by atoms with E-state index in [9.17, 15) is 13.2 Å². The van der Waals surface area contributed by atoms with E-state index in [2.05, 4.69) is 0 Å². The van der Waals surface area contributed by atoms with Crippen molar-refractivity contribution in [3.63, 3.8) is 0 Å². The molecular weight excluding hydrogens is 306 g/mol. The molecule has 1 heterocycles. The summed E-state index contributed by atoms with van der Waals surface area (Å²) in [6.45, 7) is 5.87. The first-order chi connectivity index (χ1) is 10.2. The lowest BCUT2D eigenvalue weighted by molar-refractivity contribution is -0.141. The summed E-state index contributed by atoms with van der Waals surface area (Å²) in [6, 6.07) is 4.72. The van der Waals surface area contributed by atoms with Gasteiger partial charge < -0.3 is 9.84 Å². The van der Waals surface area contributed by atoms with Crippen molar-refractivity contribution in [3.8, 4) is 5.75 Å². The van der Waals surface area contributed by atoms with Crippen LogP contribution in [-0.2, 0) is 14.8 Å². The van der Waals surface area contributed by atoms with Crippen LogP contribution in [0.1, 0.15) is 25.8 Å². The minimum atomic E-state index is -3.66. The van der Waals surface area contributed by atoms with Crippen LogP contribution >= 0.6 is 0 Å². The van der Waals surface area contributed by atoms with E-state index in [-0.39, 0.29) is 24.1 Å². The van der Waals surface area contributed by atoms with Gasteiger partial charge in [0.2, 0.25) is 10.0 Å². The zero-order chi connectivity index (χ0) is 16.5. The molecule has 1 fully saturated rings. The predicted molar refractivity (Wildman–Crippen MR) is 81.4 cm³/mol. The summed E-state index contributed by atoms with van der Waals surface area (Å²) in [5.41, 5.74) is 0.740. The second-order valence-corrected chi connectivity index (χ2v) is 7.72. The normalized spacial score (nSPS) is 19.5. The molecule has 1 unspecified atom stereocenters. The molecule has 1 atom stereocenters. The fourth-order valence-electron chi connectivity index (χ4n) is 2.47. The first-order valence-electron chi connectivity index (χ1n) is 7.22. The molecule has 0 spiro atoms. The van der Waals surface area contributed by atoms with E-state index in [0.29, 0.717) is 12.2 Å². The van der Waals surface area contributed by atoms with Gasteiger partial charge in [-0.2, -0.15) is 4.31 Å². The van der Waals surface area contributed by atoms with Crippen LogP contribution in [0.5, 0.6) is 5.75 Å². The molecule has 1 aliphatic rings. The Bertz CT molecular complexity index is 669. The molecule has 0 radical (unpaired) electrons. The number of ether oxygens (including phenoxy) is 1. The number of hydrogen-bond donors (Lipinski definition) is 1. The van der Waals surface area contributed by atoms with Gasteiger partial charge in [-0.3, -0.25) is 4.79 Å². The van der Waals surface area contributed by atoms with Crippen LogP contribution in [0.15, 0.2) is 23.1 Å². The first kappa shape index (κ1) is 16.8. The Hall–Kier alpha value is -1.60. The number of carboxylic acid groups (broad SMARTS) is 1. The Balaban J connectivity index is 2.23. The topological polar surface area (TPSA) is 83.9 Å². The Morgan fingerprint density at radius 1 is 1.41 bits per heavy atom. The zero-order valence-electron chi connectivity index (χ0n) is 12.9. The maximum atomic E-state index is 12.6. The molecule has 1 saturated heterocycles. The summed E-state index contributed by atoms with van der Waals surface area (Å²) >= 11 is 0. The van der Waals surface area contributed by atoms with E-state index >= 15 is 0 Å². The summed E-state index contributed by atoms with van der Waals surface area (Å²) in [5.74, 6) is -0.923. The van der Waals surface area contributed by atoms with E-state index in [0.717, 1.165) is 5.56 Å². The maximum absolute atomic E-state index is 12.6. The molecule has 1 N–H and O–H groups in total. The van der Waals surface area contributed by atoms with Gasteiger partial charge in [0.1, 0.15) is 5.75 Å². The van der Waals surface area contributed by atoms with E-state index in [1.165, 1.54) is 10.4 Å². The van der Waals surface area contributed by atoms with Crippen LogP contribution in [0, 0.1) is 12.8 Å². The molecule has 1 aliphatic heterocycles. The minimum absolute atomic E-state index is 0.0102. The van der Waals surface area contributed by atoms with Gasteiger partial charge in [0.25, 0.3) is 0 Å². The Morgan fingerprint density at radius 2 is 2.09 bits per heavy atom. The number of aliphatic carboxylic acids is 1. The summed E-state index contributed by atoms with van der Waals surface area (Å²) in [7, 11) is -3.66. The number of nitrogens with zero attached hydrogens (tertiary/aromatic N) is 1. The molecule has 0 aliphatic carbocycles. The molecule has 0 aromatic heterocycles. The third-order valence-corrected chi connectivity index (χ3v) is 5.51. The highest BCUT2D eigenvalue weighted by atomic mass is 32.2. The van der Waals surface area contributed by atoms with Crippen LogP contribution in [0.25, 0.3) is 0 Å². The summed E-state index contributed by atoms with van der Waals surface area (Å²) < 4.78 is 32.0. The molecule has 1 aromatic carbocycles. The Morgan fingerprint density at radius 3 is 2.59 bits per heavy atom. The SMILES string of the molecule is Cc1cc(S(=O)(=O)N2CCC(C(=O)O)C2)ccc1OC(C)C.